The second-order valence-electron chi connectivity index (χ2n) is 4.90. The van der Waals surface area contributed by atoms with Gasteiger partial charge < -0.3 is 14.6 Å². The summed E-state index contributed by atoms with van der Waals surface area (Å²) in [6.07, 6.45) is -4.46. The lowest BCUT2D eigenvalue weighted by Gasteiger charge is -2.08. The standard InChI is InChI=1S/C16H9F3O4/c17-16(18,19)10-3-1-8(2-4-10)11-5-9-6-12(20)13(21)7-14(9)23-15(11)22/h1-7,20-21H. The van der Waals surface area contributed by atoms with Gasteiger partial charge in [-0.25, -0.2) is 4.79 Å². The van der Waals surface area contributed by atoms with Crippen molar-refractivity contribution in [1.82, 2.24) is 0 Å². The van der Waals surface area contributed by atoms with Gasteiger partial charge in [0.25, 0.3) is 0 Å². The number of phenols is 2. The zero-order chi connectivity index (χ0) is 16.8. The fraction of sp³-hybridized carbons (Fsp3) is 0.0625. The van der Waals surface area contributed by atoms with Crippen LogP contribution in [0.4, 0.5) is 13.2 Å². The Hall–Kier alpha value is -2.96. The van der Waals surface area contributed by atoms with Crippen LogP contribution in [0, 0.1) is 0 Å². The first-order valence-electron chi connectivity index (χ1n) is 6.43. The van der Waals surface area contributed by atoms with Crippen LogP contribution < -0.4 is 5.63 Å². The van der Waals surface area contributed by atoms with Crippen LogP contribution in [0.3, 0.4) is 0 Å². The quantitative estimate of drug-likeness (QED) is 0.527. The van der Waals surface area contributed by atoms with Crippen molar-refractivity contribution in [2.45, 2.75) is 6.18 Å². The summed E-state index contributed by atoms with van der Waals surface area (Å²) in [5, 5.41) is 19.2. The molecule has 0 atom stereocenters. The summed E-state index contributed by atoms with van der Waals surface area (Å²) in [5.41, 5.74) is -1.23. The highest BCUT2D eigenvalue weighted by Crippen LogP contribution is 2.33. The van der Waals surface area contributed by atoms with E-state index in [1.54, 1.807) is 0 Å². The number of rotatable bonds is 1. The molecule has 0 aliphatic heterocycles. The number of phenolic OH excluding ortho intramolecular Hbond substituents is 2. The van der Waals surface area contributed by atoms with Gasteiger partial charge in [0.1, 0.15) is 5.58 Å². The summed E-state index contributed by atoms with van der Waals surface area (Å²) in [5.74, 6) is -0.840. The van der Waals surface area contributed by atoms with Gasteiger partial charge in [0.05, 0.1) is 11.1 Å². The van der Waals surface area contributed by atoms with Crippen LogP contribution in [0.15, 0.2) is 51.7 Å². The minimum atomic E-state index is -4.46. The van der Waals surface area contributed by atoms with Crippen molar-refractivity contribution in [3.63, 3.8) is 0 Å². The first-order chi connectivity index (χ1) is 10.8. The van der Waals surface area contributed by atoms with Crippen molar-refractivity contribution in [3.8, 4) is 22.6 Å². The van der Waals surface area contributed by atoms with E-state index in [2.05, 4.69) is 0 Å². The zero-order valence-corrected chi connectivity index (χ0v) is 11.4. The van der Waals surface area contributed by atoms with Gasteiger partial charge in [-0.05, 0) is 29.8 Å². The highest BCUT2D eigenvalue weighted by molar-refractivity contribution is 5.84. The molecule has 0 saturated carbocycles. The normalized spacial score (nSPS) is 11.8. The van der Waals surface area contributed by atoms with E-state index in [9.17, 15) is 28.2 Å². The molecule has 1 aromatic heterocycles. The SMILES string of the molecule is O=c1oc2cc(O)c(O)cc2cc1-c1ccc(C(F)(F)F)cc1. The number of fused-ring (bicyclic) bond motifs is 1. The molecule has 118 valence electrons. The van der Waals surface area contributed by atoms with Crippen LogP contribution in [0.25, 0.3) is 22.1 Å². The van der Waals surface area contributed by atoms with Gasteiger partial charge in [-0.3, -0.25) is 0 Å². The molecule has 2 N–H and O–H groups in total. The summed E-state index contributed by atoms with van der Waals surface area (Å²) < 4.78 is 42.7. The molecular weight excluding hydrogens is 313 g/mol. The van der Waals surface area contributed by atoms with Gasteiger partial charge in [-0.1, -0.05) is 12.1 Å². The third-order valence-electron chi connectivity index (χ3n) is 3.35. The summed E-state index contributed by atoms with van der Waals surface area (Å²) in [7, 11) is 0. The second-order valence-corrected chi connectivity index (χ2v) is 4.90. The number of hydrogen-bond donors (Lipinski definition) is 2. The molecule has 0 amide bonds. The van der Waals surface area contributed by atoms with E-state index in [1.165, 1.54) is 24.3 Å². The van der Waals surface area contributed by atoms with Gasteiger partial charge in [0, 0.05) is 11.5 Å². The van der Waals surface area contributed by atoms with Crippen LogP contribution in [0.2, 0.25) is 0 Å². The molecule has 4 nitrogen and oxygen atoms in total. The maximum absolute atomic E-state index is 12.6. The lowest BCUT2D eigenvalue weighted by molar-refractivity contribution is -0.137. The maximum atomic E-state index is 12.6. The number of halogens is 3. The van der Waals surface area contributed by atoms with Gasteiger partial charge >= 0.3 is 11.8 Å². The molecule has 0 saturated heterocycles. The van der Waals surface area contributed by atoms with Crippen LogP contribution in [0.5, 0.6) is 11.5 Å². The van der Waals surface area contributed by atoms with Gasteiger partial charge in [0.15, 0.2) is 11.5 Å². The molecule has 3 aromatic rings. The minimum Gasteiger partial charge on any atom is -0.504 e. The smallest absolute Gasteiger partial charge is 0.416 e. The topological polar surface area (TPSA) is 70.7 Å². The average Bonchev–Trinajstić information content (AvgIpc) is 2.48. The molecule has 23 heavy (non-hydrogen) atoms. The highest BCUT2D eigenvalue weighted by atomic mass is 19.4. The predicted octanol–water partition coefficient (Wildman–Crippen LogP) is 3.89. The molecule has 0 aliphatic carbocycles. The zero-order valence-electron chi connectivity index (χ0n) is 11.4. The van der Waals surface area contributed by atoms with Crippen molar-refractivity contribution >= 4 is 11.0 Å². The predicted molar refractivity (Wildman–Crippen MR) is 76.3 cm³/mol. The van der Waals surface area contributed by atoms with Gasteiger partial charge in [0.2, 0.25) is 0 Å². The van der Waals surface area contributed by atoms with Crippen LogP contribution >= 0.6 is 0 Å². The molecule has 0 aliphatic rings. The van der Waals surface area contributed by atoms with Crippen molar-refractivity contribution < 1.29 is 27.8 Å². The number of hydrogen-bond acceptors (Lipinski definition) is 4. The van der Waals surface area contributed by atoms with Crippen LogP contribution in [0.1, 0.15) is 5.56 Å². The Balaban J connectivity index is 2.14. The fourth-order valence-corrected chi connectivity index (χ4v) is 2.18. The third kappa shape index (κ3) is 2.73. The molecular formula is C16H9F3O4. The molecule has 0 bridgehead atoms. The number of aromatic hydroxyl groups is 2. The van der Waals surface area contributed by atoms with Gasteiger partial charge in [-0.15, -0.1) is 0 Å². The summed E-state index contributed by atoms with van der Waals surface area (Å²) in [4.78, 5) is 12.0. The Bertz CT molecular complexity index is 940. The number of alkyl halides is 3. The summed E-state index contributed by atoms with van der Waals surface area (Å²) in [6, 6.07) is 7.73. The maximum Gasteiger partial charge on any atom is 0.416 e. The van der Waals surface area contributed by atoms with Gasteiger partial charge in [-0.2, -0.15) is 13.2 Å². The number of benzene rings is 2. The van der Waals surface area contributed by atoms with E-state index in [-0.39, 0.29) is 16.7 Å². The highest BCUT2D eigenvalue weighted by Gasteiger charge is 2.30. The van der Waals surface area contributed by atoms with Crippen LogP contribution in [-0.4, -0.2) is 10.2 Å². The largest absolute Gasteiger partial charge is 0.504 e. The van der Waals surface area contributed by atoms with Crippen LogP contribution in [-0.2, 0) is 6.18 Å². The van der Waals surface area contributed by atoms with E-state index < -0.39 is 28.9 Å². The molecule has 0 radical (unpaired) electrons. The lowest BCUT2D eigenvalue weighted by Crippen LogP contribution is -2.06. The first-order valence-corrected chi connectivity index (χ1v) is 6.43. The van der Waals surface area contributed by atoms with E-state index in [0.29, 0.717) is 5.39 Å². The average molecular weight is 322 g/mol. The Morgan fingerprint density at radius 1 is 0.913 bits per heavy atom. The molecule has 0 fully saturated rings. The third-order valence-corrected chi connectivity index (χ3v) is 3.35. The minimum absolute atomic E-state index is 0.0521. The van der Waals surface area contributed by atoms with E-state index >= 15 is 0 Å². The Morgan fingerprint density at radius 2 is 1.52 bits per heavy atom. The Kier molecular flexibility index (Phi) is 3.28. The monoisotopic (exact) mass is 322 g/mol. The summed E-state index contributed by atoms with van der Waals surface area (Å²) in [6.45, 7) is 0. The van der Waals surface area contributed by atoms with Crippen molar-refractivity contribution in [3.05, 3.63) is 58.4 Å². The molecule has 1 heterocycles. The molecule has 3 rings (SSSR count). The molecule has 0 unspecified atom stereocenters. The van der Waals surface area contributed by atoms with E-state index in [1.807, 2.05) is 0 Å². The van der Waals surface area contributed by atoms with Crippen molar-refractivity contribution in [1.29, 1.82) is 0 Å². The van der Waals surface area contributed by atoms with Crippen molar-refractivity contribution in [2.24, 2.45) is 0 Å². The molecule has 0 spiro atoms. The lowest BCUT2D eigenvalue weighted by atomic mass is 10.0. The summed E-state index contributed by atoms with van der Waals surface area (Å²) >= 11 is 0. The Morgan fingerprint density at radius 3 is 2.13 bits per heavy atom. The molecule has 2 aromatic carbocycles. The fourth-order valence-electron chi connectivity index (χ4n) is 2.18. The molecule has 7 heteroatoms. The van der Waals surface area contributed by atoms with E-state index in [4.69, 9.17) is 4.42 Å². The Labute approximate surface area is 127 Å². The van der Waals surface area contributed by atoms with Crippen molar-refractivity contribution in [2.75, 3.05) is 0 Å². The second kappa shape index (κ2) is 5.05. The van der Waals surface area contributed by atoms with E-state index in [0.717, 1.165) is 18.2 Å². The first kappa shape index (κ1) is 15.0.